The Balaban J connectivity index is 1.39. The van der Waals surface area contributed by atoms with E-state index in [0.717, 1.165) is 55.3 Å². The summed E-state index contributed by atoms with van der Waals surface area (Å²) in [4.78, 5) is 9.84. The number of benzene rings is 1. The lowest BCUT2D eigenvalue weighted by Crippen LogP contribution is -2.72. The van der Waals surface area contributed by atoms with Crippen molar-refractivity contribution in [2.75, 3.05) is 22.9 Å². The van der Waals surface area contributed by atoms with Gasteiger partial charge >= 0.3 is 6.18 Å². The number of alkyl halides is 3. The van der Waals surface area contributed by atoms with E-state index >= 15 is 0 Å². The molecule has 3 fully saturated rings. The second-order valence-corrected chi connectivity index (χ2v) is 9.61. The SMILES string of the molecule is N#Cc1cnc(N2C3CCN(c4ccc(C(F)(F)F)cc4)CC3N[C@@H]3CCCCC32)s1. The first-order valence-corrected chi connectivity index (χ1v) is 11.6. The third kappa shape index (κ3) is 3.87. The lowest BCUT2D eigenvalue weighted by Gasteiger charge is -2.56. The average molecular weight is 448 g/mol. The van der Waals surface area contributed by atoms with Crippen molar-refractivity contribution in [3.8, 4) is 6.07 Å². The van der Waals surface area contributed by atoms with Crippen LogP contribution in [0.2, 0.25) is 0 Å². The van der Waals surface area contributed by atoms with Gasteiger partial charge in [0.2, 0.25) is 0 Å². The molecule has 2 aliphatic heterocycles. The molecule has 1 aromatic heterocycles. The topological polar surface area (TPSA) is 55.2 Å². The van der Waals surface area contributed by atoms with Crippen LogP contribution in [0.1, 0.15) is 42.5 Å². The van der Waals surface area contributed by atoms with E-state index in [1.54, 1.807) is 18.3 Å². The van der Waals surface area contributed by atoms with E-state index in [4.69, 9.17) is 0 Å². The van der Waals surface area contributed by atoms with Crippen LogP contribution in [0.25, 0.3) is 0 Å². The number of hydrogen-bond donors (Lipinski definition) is 1. The normalized spacial score (nSPS) is 28.6. The van der Waals surface area contributed by atoms with Crippen LogP contribution >= 0.6 is 11.3 Å². The Kier molecular flexibility index (Phi) is 5.30. The number of nitrogens with zero attached hydrogens (tertiary/aromatic N) is 4. The third-order valence-corrected chi connectivity index (χ3v) is 7.75. The Labute approximate surface area is 183 Å². The van der Waals surface area contributed by atoms with Crippen molar-refractivity contribution < 1.29 is 13.2 Å². The lowest BCUT2D eigenvalue weighted by atomic mass is 9.82. The summed E-state index contributed by atoms with van der Waals surface area (Å²) in [5.74, 6) is 0. The minimum atomic E-state index is -4.32. The molecule has 3 heterocycles. The molecule has 31 heavy (non-hydrogen) atoms. The number of anilines is 2. The summed E-state index contributed by atoms with van der Waals surface area (Å²) >= 11 is 1.46. The molecule has 5 rings (SSSR count). The van der Waals surface area contributed by atoms with Gasteiger partial charge in [-0.15, -0.1) is 0 Å². The summed E-state index contributed by atoms with van der Waals surface area (Å²) < 4.78 is 38.8. The molecule has 2 aromatic rings. The summed E-state index contributed by atoms with van der Waals surface area (Å²) in [7, 11) is 0. The molecule has 1 saturated carbocycles. The summed E-state index contributed by atoms with van der Waals surface area (Å²) in [5.41, 5.74) is 0.210. The monoisotopic (exact) mass is 447 g/mol. The number of piperazine rings is 1. The highest BCUT2D eigenvalue weighted by molar-refractivity contribution is 7.16. The number of nitriles is 1. The summed E-state index contributed by atoms with van der Waals surface area (Å²) in [6.45, 7) is 1.52. The number of halogens is 3. The van der Waals surface area contributed by atoms with Crippen LogP contribution in [0.3, 0.4) is 0 Å². The van der Waals surface area contributed by atoms with E-state index < -0.39 is 11.7 Å². The fraction of sp³-hybridized carbons (Fsp3) is 0.545. The highest BCUT2D eigenvalue weighted by atomic mass is 32.1. The Morgan fingerprint density at radius 1 is 1.06 bits per heavy atom. The van der Waals surface area contributed by atoms with Crippen molar-refractivity contribution in [1.82, 2.24) is 10.3 Å². The molecule has 4 atom stereocenters. The van der Waals surface area contributed by atoms with Crippen LogP contribution < -0.4 is 15.1 Å². The zero-order valence-electron chi connectivity index (χ0n) is 17.0. The second kappa shape index (κ2) is 7.99. The second-order valence-electron chi connectivity index (χ2n) is 8.60. The fourth-order valence-electron chi connectivity index (χ4n) is 5.41. The van der Waals surface area contributed by atoms with Gasteiger partial charge in [-0.2, -0.15) is 18.4 Å². The van der Waals surface area contributed by atoms with E-state index in [1.807, 2.05) is 0 Å². The van der Waals surface area contributed by atoms with Gasteiger partial charge in [-0.3, -0.25) is 0 Å². The van der Waals surface area contributed by atoms with Crippen LogP contribution in [-0.2, 0) is 6.18 Å². The van der Waals surface area contributed by atoms with Gasteiger partial charge in [-0.05, 0) is 43.5 Å². The van der Waals surface area contributed by atoms with Gasteiger partial charge in [-0.1, -0.05) is 24.2 Å². The minimum absolute atomic E-state index is 0.199. The largest absolute Gasteiger partial charge is 0.416 e. The van der Waals surface area contributed by atoms with Gasteiger partial charge in [0.05, 0.1) is 17.8 Å². The minimum Gasteiger partial charge on any atom is -0.370 e. The maximum Gasteiger partial charge on any atom is 0.416 e. The molecular formula is C22H24F3N5S. The first kappa shape index (κ1) is 20.6. The predicted molar refractivity (Wildman–Crippen MR) is 114 cm³/mol. The van der Waals surface area contributed by atoms with Crippen LogP contribution in [0.4, 0.5) is 24.0 Å². The van der Waals surface area contributed by atoms with Crippen molar-refractivity contribution in [1.29, 1.82) is 5.26 Å². The van der Waals surface area contributed by atoms with Crippen molar-refractivity contribution in [3.05, 3.63) is 40.9 Å². The molecule has 1 aromatic carbocycles. The maximum atomic E-state index is 12.9. The molecule has 1 N–H and O–H groups in total. The Hall–Kier alpha value is -2.31. The molecule has 0 spiro atoms. The summed E-state index contributed by atoms with van der Waals surface area (Å²) in [5, 5.41) is 14.0. The van der Waals surface area contributed by atoms with Crippen LogP contribution in [0, 0.1) is 11.3 Å². The number of aromatic nitrogens is 1. The highest BCUT2D eigenvalue weighted by Gasteiger charge is 2.46. The van der Waals surface area contributed by atoms with Crippen molar-refractivity contribution in [2.45, 2.75) is 62.4 Å². The number of hydrogen-bond acceptors (Lipinski definition) is 6. The quantitative estimate of drug-likeness (QED) is 0.740. The van der Waals surface area contributed by atoms with Gasteiger partial charge in [0.15, 0.2) is 5.13 Å². The molecule has 2 saturated heterocycles. The molecule has 5 nitrogen and oxygen atoms in total. The summed E-state index contributed by atoms with van der Waals surface area (Å²) in [6, 6.07) is 8.90. The summed E-state index contributed by atoms with van der Waals surface area (Å²) in [6.07, 6.45) is 2.86. The fourth-order valence-corrected chi connectivity index (χ4v) is 6.24. The standard InChI is InChI=1S/C22H24F3N5S/c23-22(24,25)14-5-7-15(8-6-14)29-10-9-20-18(13-29)28-17-3-1-2-4-19(17)30(20)21-27-12-16(11-26)31-21/h5-8,12,17-20,28H,1-4,9-10,13H2/t17-,18?,19?,20?/m1/s1. The number of fused-ring (bicyclic) bond motifs is 2. The first-order chi connectivity index (χ1) is 14.9. The molecule has 164 valence electrons. The van der Waals surface area contributed by atoms with Gasteiger partial charge in [0.25, 0.3) is 0 Å². The Morgan fingerprint density at radius 3 is 2.52 bits per heavy atom. The van der Waals surface area contributed by atoms with Gasteiger partial charge < -0.3 is 15.1 Å². The molecule has 3 aliphatic rings. The number of piperidine rings is 1. The third-order valence-electron chi connectivity index (χ3n) is 6.83. The molecule has 1 aliphatic carbocycles. The lowest BCUT2D eigenvalue weighted by molar-refractivity contribution is -0.137. The Morgan fingerprint density at radius 2 is 1.81 bits per heavy atom. The predicted octanol–water partition coefficient (Wildman–Crippen LogP) is 4.40. The number of nitrogens with one attached hydrogen (secondary N) is 1. The molecular weight excluding hydrogens is 423 g/mol. The van der Waals surface area contributed by atoms with Crippen molar-refractivity contribution in [2.24, 2.45) is 0 Å². The molecule has 0 amide bonds. The zero-order valence-corrected chi connectivity index (χ0v) is 17.8. The van der Waals surface area contributed by atoms with E-state index in [0.29, 0.717) is 17.0 Å². The molecule has 0 radical (unpaired) electrons. The van der Waals surface area contributed by atoms with Crippen molar-refractivity contribution >= 4 is 22.2 Å². The van der Waals surface area contributed by atoms with Crippen LogP contribution in [-0.4, -0.2) is 42.2 Å². The average Bonchev–Trinajstić information content (AvgIpc) is 3.25. The number of thiazole rings is 1. The van der Waals surface area contributed by atoms with E-state index in [1.165, 1.54) is 24.2 Å². The van der Waals surface area contributed by atoms with Gasteiger partial charge in [0.1, 0.15) is 10.9 Å². The van der Waals surface area contributed by atoms with Crippen LogP contribution in [0.15, 0.2) is 30.5 Å². The Bertz CT molecular complexity index is 967. The van der Waals surface area contributed by atoms with E-state index in [9.17, 15) is 18.4 Å². The smallest absolute Gasteiger partial charge is 0.370 e. The van der Waals surface area contributed by atoms with E-state index in [2.05, 4.69) is 26.2 Å². The molecule has 9 heteroatoms. The highest BCUT2D eigenvalue weighted by Crippen LogP contribution is 2.39. The van der Waals surface area contributed by atoms with E-state index in [-0.39, 0.29) is 12.1 Å². The van der Waals surface area contributed by atoms with Gasteiger partial charge in [0, 0.05) is 36.9 Å². The van der Waals surface area contributed by atoms with Crippen molar-refractivity contribution in [3.63, 3.8) is 0 Å². The van der Waals surface area contributed by atoms with Gasteiger partial charge in [-0.25, -0.2) is 4.98 Å². The first-order valence-electron chi connectivity index (χ1n) is 10.8. The molecule has 0 bridgehead atoms. The van der Waals surface area contributed by atoms with Crippen LogP contribution in [0.5, 0.6) is 0 Å². The zero-order chi connectivity index (χ0) is 21.6. The number of rotatable bonds is 2. The maximum absolute atomic E-state index is 12.9. The molecule has 3 unspecified atom stereocenters.